The van der Waals surface area contributed by atoms with E-state index in [0.29, 0.717) is 25.4 Å². The second kappa shape index (κ2) is 5.77. The molecule has 4 rings (SSSR count). The minimum Gasteiger partial charge on any atom is -0.447 e. The molecule has 0 unspecified atom stereocenters. The van der Waals surface area contributed by atoms with Crippen LogP contribution in [-0.2, 0) is 29.7 Å². The highest BCUT2D eigenvalue weighted by molar-refractivity contribution is 7.89. The van der Waals surface area contributed by atoms with Crippen molar-refractivity contribution in [3.05, 3.63) is 36.1 Å². The summed E-state index contributed by atoms with van der Waals surface area (Å²) in [5.41, 5.74) is 0. The van der Waals surface area contributed by atoms with Crippen LogP contribution in [0.5, 0.6) is 0 Å². The Morgan fingerprint density at radius 3 is 2.78 bits per heavy atom. The molecule has 0 radical (unpaired) electrons. The SMILES string of the molecule is O=S(=O)(c1ccc(CN2CCn3ccnc3C2)o1)N1CCCC1. The molecule has 2 aliphatic heterocycles. The zero-order chi connectivity index (χ0) is 15.9. The van der Waals surface area contributed by atoms with Gasteiger partial charge in [0.25, 0.3) is 10.0 Å². The molecule has 4 heterocycles. The van der Waals surface area contributed by atoms with E-state index in [-0.39, 0.29) is 5.09 Å². The predicted octanol–water partition coefficient (Wildman–Crippen LogP) is 1.28. The maximum Gasteiger partial charge on any atom is 0.276 e. The normalized spacial score (nSPS) is 20.0. The summed E-state index contributed by atoms with van der Waals surface area (Å²) in [6.07, 6.45) is 5.65. The minimum atomic E-state index is -3.47. The predicted molar refractivity (Wildman–Crippen MR) is 83.0 cm³/mol. The van der Waals surface area contributed by atoms with Crippen molar-refractivity contribution in [2.75, 3.05) is 19.6 Å². The first-order valence-electron chi connectivity index (χ1n) is 7.94. The Bertz CT molecular complexity index is 789. The standard InChI is InChI=1S/C15H20N4O3S/c20-23(21,19-6-1-2-7-19)15-4-3-13(22-15)11-17-9-10-18-8-5-16-14(18)12-17/h3-5,8H,1-2,6-7,9-12H2. The molecule has 0 N–H and O–H groups in total. The molecule has 0 atom stereocenters. The molecule has 1 saturated heterocycles. The summed E-state index contributed by atoms with van der Waals surface area (Å²) in [7, 11) is -3.47. The molecule has 2 aromatic heterocycles. The number of rotatable bonds is 4. The second-order valence-corrected chi connectivity index (χ2v) is 7.95. The van der Waals surface area contributed by atoms with Gasteiger partial charge in [-0.05, 0) is 25.0 Å². The fourth-order valence-electron chi connectivity index (χ4n) is 3.22. The van der Waals surface area contributed by atoms with Crippen molar-refractivity contribution < 1.29 is 12.8 Å². The Kier molecular flexibility index (Phi) is 3.74. The number of sulfonamides is 1. The number of fused-ring (bicyclic) bond motifs is 1. The molecule has 124 valence electrons. The maximum absolute atomic E-state index is 12.5. The van der Waals surface area contributed by atoms with Crippen LogP contribution in [0.2, 0.25) is 0 Å². The topological polar surface area (TPSA) is 71.6 Å². The molecule has 2 aliphatic rings. The molecular weight excluding hydrogens is 316 g/mol. The van der Waals surface area contributed by atoms with Gasteiger partial charge in [-0.25, -0.2) is 13.4 Å². The maximum atomic E-state index is 12.5. The molecule has 0 bridgehead atoms. The molecule has 0 aliphatic carbocycles. The average Bonchev–Trinajstić information content (AvgIpc) is 3.28. The third-order valence-electron chi connectivity index (χ3n) is 4.50. The molecule has 0 spiro atoms. The Labute approximate surface area is 135 Å². The van der Waals surface area contributed by atoms with Gasteiger partial charge in [-0.3, -0.25) is 4.90 Å². The zero-order valence-electron chi connectivity index (χ0n) is 12.9. The quantitative estimate of drug-likeness (QED) is 0.841. The lowest BCUT2D eigenvalue weighted by atomic mass is 10.3. The lowest BCUT2D eigenvalue weighted by Gasteiger charge is -2.26. The van der Waals surface area contributed by atoms with Crippen LogP contribution in [0, 0.1) is 0 Å². The first-order chi connectivity index (χ1) is 11.1. The highest BCUT2D eigenvalue weighted by atomic mass is 32.2. The summed E-state index contributed by atoms with van der Waals surface area (Å²) >= 11 is 0. The van der Waals surface area contributed by atoms with E-state index in [0.717, 1.165) is 38.3 Å². The first kappa shape index (κ1) is 14.9. The molecule has 7 nitrogen and oxygen atoms in total. The molecule has 1 fully saturated rings. The van der Waals surface area contributed by atoms with E-state index in [1.807, 2.05) is 12.4 Å². The molecular formula is C15H20N4O3S. The van der Waals surface area contributed by atoms with Gasteiger partial charge < -0.3 is 8.98 Å². The summed E-state index contributed by atoms with van der Waals surface area (Å²) in [5.74, 6) is 1.72. The summed E-state index contributed by atoms with van der Waals surface area (Å²) in [4.78, 5) is 6.55. The van der Waals surface area contributed by atoms with Crippen molar-refractivity contribution in [3.8, 4) is 0 Å². The van der Waals surface area contributed by atoms with E-state index in [2.05, 4.69) is 14.5 Å². The third kappa shape index (κ3) is 2.82. The molecule has 0 aromatic carbocycles. The van der Waals surface area contributed by atoms with Crippen molar-refractivity contribution in [2.24, 2.45) is 0 Å². The minimum absolute atomic E-state index is 0.0629. The van der Waals surface area contributed by atoms with Gasteiger partial charge in [0, 0.05) is 38.6 Å². The summed E-state index contributed by atoms with van der Waals surface area (Å²) in [6.45, 7) is 4.33. The van der Waals surface area contributed by atoms with Gasteiger partial charge in [0.05, 0.1) is 13.1 Å². The van der Waals surface area contributed by atoms with E-state index in [4.69, 9.17) is 4.42 Å². The fraction of sp³-hybridized carbons (Fsp3) is 0.533. The van der Waals surface area contributed by atoms with E-state index < -0.39 is 10.0 Å². The lowest BCUT2D eigenvalue weighted by Crippen LogP contribution is -2.33. The third-order valence-corrected chi connectivity index (χ3v) is 6.27. The van der Waals surface area contributed by atoms with Crippen LogP contribution in [0.15, 0.2) is 34.0 Å². The van der Waals surface area contributed by atoms with Crippen LogP contribution < -0.4 is 0 Å². The van der Waals surface area contributed by atoms with Crippen LogP contribution in [-0.4, -0.2) is 46.8 Å². The van der Waals surface area contributed by atoms with Crippen LogP contribution in [0.3, 0.4) is 0 Å². The highest BCUT2D eigenvalue weighted by Gasteiger charge is 2.30. The van der Waals surface area contributed by atoms with Gasteiger partial charge in [0.2, 0.25) is 5.09 Å². The average molecular weight is 336 g/mol. The van der Waals surface area contributed by atoms with E-state index in [1.165, 1.54) is 4.31 Å². The number of hydrogen-bond acceptors (Lipinski definition) is 5. The Balaban J connectivity index is 1.46. The van der Waals surface area contributed by atoms with Gasteiger partial charge in [0.15, 0.2) is 0 Å². The second-order valence-electron chi connectivity index (χ2n) is 6.08. The Morgan fingerprint density at radius 2 is 1.96 bits per heavy atom. The van der Waals surface area contributed by atoms with E-state index in [1.54, 1.807) is 12.1 Å². The number of hydrogen-bond donors (Lipinski definition) is 0. The molecule has 2 aromatic rings. The van der Waals surface area contributed by atoms with Gasteiger partial charge in [0.1, 0.15) is 11.6 Å². The van der Waals surface area contributed by atoms with Crippen molar-refractivity contribution in [3.63, 3.8) is 0 Å². The van der Waals surface area contributed by atoms with Gasteiger partial charge in [-0.1, -0.05) is 0 Å². The van der Waals surface area contributed by atoms with Gasteiger partial charge in [-0.15, -0.1) is 0 Å². The van der Waals surface area contributed by atoms with Gasteiger partial charge >= 0.3 is 0 Å². The number of imidazole rings is 1. The van der Waals surface area contributed by atoms with Crippen molar-refractivity contribution >= 4 is 10.0 Å². The molecule has 0 saturated carbocycles. The number of nitrogens with zero attached hydrogens (tertiary/aromatic N) is 4. The van der Waals surface area contributed by atoms with Crippen molar-refractivity contribution in [1.29, 1.82) is 0 Å². The number of furan rings is 1. The van der Waals surface area contributed by atoms with E-state index >= 15 is 0 Å². The largest absolute Gasteiger partial charge is 0.447 e. The summed E-state index contributed by atoms with van der Waals surface area (Å²) in [5, 5.41) is 0.0629. The highest BCUT2D eigenvalue weighted by Crippen LogP contribution is 2.24. The van der Waals surface area contributed by atoms with Gasteiger partial charge in [-0.2, -0.15) is 4.31 Å². The Morgan fingerprint density at radius 1 is 1.13 bits per heavy atom. The molecule has 0 amide bonds. The van der Waals surface area contributed by atoms with Crippen LogP contribution in [0.4, 0.5) is 0 Å². The summed E-state index contributed by atoms with van der Waals surface area (Å²) < 4.78 is 34.2. The first-order valence-corrected chi connectivity index (χ1v) is 9.38. The lowest BCUT2D eigenvalue weighted by molar-refractivity contribution is 0.189. The van der Waals surface area contributed by atoms with Crippen molar-refractivity contribution in [1.82, 2.24) is 18.8 Å². The van der Waals surface area contributed by atoms with Crippen LogP contribution >= 0.6 is 0 Å². The van der Waals surface area contributed by atoms with Crippen molar-refractivity contribution in [2.45, 2.75) is 37.6 Å². The smallest absolute Gasteiger partial charge is 0.276 e. The van der Waals surface area contributed by atoms with E-state index in [9.17, 15) is 8.42 Å². The fourth-order valence-corrected chi connectivity index (χ4v) is 4.66. The van der Waals surface area contributed by atoms with Crippen LogP contribution in [0.1, 0.15) is 24.4 Å². The summed E-state index contributed by atoms with van der Waals surface area (Å²) in [6, 6.07) is 3.35. The molecule has 23 heavy (non-hydrogen) atoms. The number of aromatic nitrogens is 2. The zero-order valence-corrected chi connectivity index (χ0v) is 13.7. The monoisotopic (exact) mass is 336 g/mol. The molecule has 8 heteroatoms. The Hall–Kier alpha value is -1.64. The van der Waals surface area contributed by atoms with Crippen LogP contribution in [0.25, 0.3) is 0 Å².